The summed E-state index contributed by atoms with van der Waals surface area (Å²) >= 11 is 0. The van der Waals surface area contributed by atoms with Crippen LogP contribution in [0.5, 0.6) is 0 Å². The van der Waals surface area contributed by atoms with Crippen LogP contribution >= 0.6 is 0 Å². The van der Waals surface area contributed by atoms with Crippen LogP contribution in [0, 0.1) is 0 Å². The summed E-state index contributed by atoms with van der Waals surface area (Å²) in [4.78, 5) is 18.6. The van der Waals surface area contributed by atoms with Gasteiger partial charge in [0.25, 0.3) is 0 Å². The Balaban J connectivity index is 1.83. The Morgan fingerprint density at radius 1 is 1.38 bits per heavy atom. The second kappa shape index (κ2) is 6.06. The average Bonchev–Trinajstić information content (AvgIpc) is 2.53. The minimum atomic E-state index is 0.0740. The highest BCUT2D eigenvalue weighted by Gasteiger charge is 2.20. The van der Waals surface area contributed by atoms with Gasteiger partial charge in [0, 0.05) is 43.3 Å². The van der Waals surface area contributed by atoms with Crippen molar-refractivity contribution >= 4 is 22.9 Å². The first-order valence-corrected chi connectivity index (χ1v) is 7.29. The number of hydrogen-bond acceptors (Lipinski definition) is 3. The molecular weight excluding hydrogens is 262 g/mol. The number of benzene rings is 1. The van der Waals surface area contributed by atoms with Crippen molar-refractivity contribution in [2.45, 2.75) is 13.0 Å². The van der Waals surface area contributed by atoms with Crippen molar-refractivity contribution in [2.24, 2.45) is 0 Å². The van der Waals surface area contributed by atoms with Crippen LogP contribution in [0.3, 0.4) is 0 Å². The summed E-state index contributed by atoms with van der Waals surface area (Å²) in [5, 5.41) is 4.36. The van der Waals surface area contributed by atoms with E-state index in [1.54, 1.807) is 12.3 Å². The number of aromatic nitrogens is 1. The lowest BCUT2D eigenvalue weighted by atomic mass is 10.1. The predicted molar refractivity (Wildman–Crippen MR) is 84.8 cm³/mol. The van der Waals surface area contributed by atoms with Crippen LogP contribution in [-0.4, -0.2) is 41.5 Å². The molecule has 0 aliphatic carbocycles. The molecule has 4 nitrogen and oxygen atoms in total. The van der Waals surface area contributed by atoms with Crippen molar-refractivity contribution in [2.75, 3.05) is 19.6 Å². The molecule has 108 valence electrons. The maximum atomic E-state index is 12.3. The fourth-order valence-electron chi connectivity index (χ4n) is 2.69. The largest absolute Gasteiger partial charge is 0.334 e. The third kappa shape index (κ3) is 2.95. The first-order chi connectivity index (χ1) is 10.3. The molecule has 1 atom stereocenters. The highest BCUT2D eigenvalue weighted by Crippen LogP contribution is 2.17. The lowest BCUT2D eigenvalue weighted by Crippen LogP contribution is -2.51. The molecule has 0 spiro atoms. The van der Waals surface area contributed by atoms with Gasteiger partial charge in [0.05, 0.1) is 5.52 Å². The normalized spacial score (nSPS) is 19.3. The van der Waals surface area contributed by atoms with Gasteiger partial charge >= 0.3 is 0 Å². The van der Waals surface area contributed by atoms with Crippen molar-refractivity contribution in [3.05, 3.63) is 48.2 Å². The number of rotatable bonds is 2. The van der Waals surface area contributed by atoms with Crippen molar-refractivity contribution in [3.8, 4) is 0 Å². The molecule has 1 fully saturated rings. The number of nitrogens with one attached hydrogen (secondary N) is 1. The van der Waals surface area contributed by atoms with Gasteiger partial charge in [-0.05, 0) is 30.7 Å². The van der Waals surface area contributed by atoms with E-state index in [4.69, 9.17) is 0 Å². The van der Waals surface area contributed by atoms with Crippen molar-refractivity contribution < 1.29 is 4.79 Å². The molecule has 0 radical (unpaired) electrons. The van der Waals surface area contributed by atoms with E-state index in [-0.39, 0.29) is 11.9 Å². The standard InChI is InChI=1S/C17H19N3O/c1-13-12-18-10-11-20(13)17(21)7-6-14-8-9-19-16-5-3-2-4-15(14)16/h2-9,13,18H,10-12H2,1H3/b7-6+. The number of piperazine rings is 1. The van der Waals surface area contributed by atoms with E-state index in [1.807, 2.05) is 41.3 Å². The Kier molecular flexibility index (Phi) is 3.97. The van der Waals surface area contributed by atoms with E-state index in [0.717, 1.165) is 36.1 Å². The van der Waals surface area contributed by atoms with Crippen LogP contribution in [0.15, 0.2) is 42.6 Å². The minimum absolute atomic E-state index is 0.0740. The van der Waals surface area contributed by atoms with Gasteiger partial charge in [-0.3, -0.25) is 9.78 Å². The summed E-state index contributed by atoms with van der Waals surface area (Å²) in [6.07, 6.45) is 5.34. The number of carbonyl (C=O) groups is 1. The molecule has 3 rings (SSSR count). The van der Waals surface area contributed by atoms with Gasteiger partial charge in [-0.1, -0.05) is 18.2 Å². The van der Waals surface area contributed by atoms with Gasteiger partial charge in [0.15, 0.2) is 0 Å². The highest BCUT2D eigenvalue weighted by molar-refractivity contribution is 5.95. The molecule has 1 aromatic carbocycles. The summed E-state index contributed by atoms with van der Waals surface area (Å²) in [6.45, 7) is 4.56. The molecule has 1 unspecified atom stereocenters. The summed E-state index contributed by atoms with van der Waals surface area (Å²) < 4.78 is 0. The summed E-state index contributed by atoms with van der Waals surface area (Å²) in [6, 6.07) is 10.1. The predicted octanol–water partition coefficient (Wildman–Crippen LogP) is 2.07. The smallest absolute Gasteiger partial charge is 0.246 e. The fourth-order valence-corrected chi connectivity index (χ4v) is 2.69. The molecule has 1 N–H and O–H groups in total. The molecule has 21 heavy (non-hydrogen) atoms. The van der Waals surface area contributed by atoms with Crippen LogP contribution in [0.4, 0.5) is 0 Å². The fraction of sp³-hybridized carbons (Fsp3) is 0.294. The molecule has 1 amide bonds. The average molecular weight is 281 g/mol. The number of amides is 1. The van der Waals surface area contributed by atoms with Crippen LogP contribution in [0.25, 0.3) is 17.0 Å². The molecule has 2 aromatic rings. The van der Waals surface area contributed by atoms with E-state index in [1.165, 1.54) is 0 Å². The third-order valence-corrected chi connectivity index (χ3v) is 3.87. The molecule has 1 aliphatic heterocycles. The SMILES string of the molecule is CC1CNCCN1C(=O)/C=C/c1ccnc2ccccc12. The number of fused-ring (bicyclic) bond motifs is 1. The quantitative estimate of drug-likeness (QED) is 0.857. The van der Waals surface area contributed by atoms with Crippen LogP contribution in [0.1, 0.15) is 12.5 Å². The Hall–Kier alpha value is -2.20. The van der Waals surface area contributed by atoms with Gasteiger partial charge in [0.1, 0.15) is 0 Å². The number of hydrogen-bond donors (Lipinski definition) is 1. The molecule has 2 heterocycles. The van der Waals surface area contributed by atoms with Crippen molar-refractivity contribution in [1.29, 1.82) is 0 Å². The molecule has 1 aromatic heterocycles. The number of pyridine rings is 1. The monoisotopic (exact) mass is 281 g/mol. The summed E-state index contributed by atoms with van der Waals surface area (Å²) in [5.74, 6) is 0.0740. The second-order valence-electron chi connectivity index (χ2n) is 5.34. The van der Waals surface area contributed by atoms with Gasteiger partial charge in [-0.15, -0.1) is 0 Å². The van der Waals surface area contributed by atoms with E-state index in [2.05, 4.69) is 17.2 Å². The number of carbonyl (C=O) groups excluding carboxylic acids is 1. The van der Waals surface area contributed by atoms with E-state index < -0.39 is 0 Å². The van der Waals surface area contributed by atoms with E-state index in [0.29, 0.717) is 0 Å². The Morgan fingerprint density at radius 2 is 2.24 bits per heavy atom. The number of nitrogens with zero attached hydrogens (tertiary/aromatic N) is 2. The Morgan fingerprint density at radius 3 is 3.10 bits per heavy atom. The second-order valence-corrected chi connectivity index (χ2v) is 5.34. The van der Waals surface area contributed by atoms with Gasteiger partial charge < -0.3 is 10.2 Å². The molecule has 4 heteroatoms. The van der Waals surface area contributed by atoms with Crippen LogP contribution in [-0.2, 0) is 4.79 Å². The van der Waals surface area contributed by atoms with Crippen LogP contribution in [0.2, 0.25) is 0 Å². The topological polar surface area (TPSA) is 45.2 Å². The first kappa shape index (κ1) is 13.8. The Labute approximate surface area is 124 Å². The van der Waals surface area contributed by atoms with Gasteiger partial charge in [0.2, 0.25) is 5.91 Å². The Bertz CT molecular complexity index is 675. The maximum Gasteiger partial charge on any atom is 0.246 e. The maximum absolute atomic E-state index is 12.3. The zero-order valence-electron chi connectivity index (χ0n) is 12.1. The molecular formula is C17H19N3O. The molecule has 1 aliphatic rings. The summed E-state index contributed by atoms with van der Waals surface area (Å²) in [5.41, 5.74) is 1.97. The molecule has 0 bridgehead atoms. The van der Waals surface area contributed by atoms with Crippen molar-refractivity contribution in [1.82, 2.24) is 15.2 Å². The van der Waals surface area contributed by atoms with E-state index >= 15 is 0 Å². The van der Waals surface area contributed by atoms with Crippen LogP contribution < -0.4 is 5.32 Å². The summed E-state index contributed by atoms with van der Waals surface area (Å²) in [7, 11) is 0. The highest BCUT2D eigenvalue weighted by atomic mass is 16.2. The molecule has 0 saturated carbocycles. The van der Waals surface area contributed by atoms with Crippen molar-refractivity contribution in [3.63, 3.8) is 0 Å². The third-order valence-electron chi connectivity index (χ3n) is 3.87. The minimum Gasteiger partial charge on any atom is -0.334 e. The van der Waals surface area contributed by atoms with Gasteiger partial charge in [-0.2, -0.15) is 0 Å². The van der Waals surface area contributed by atoms with Gasteiger partial charge in [-0.25, -0.2) is 0 Å². The zero-order valence-corrected chi connectivity index (χ0v) is 12.1. The molecule has 1 saturated heterocycles. The first-order valence-electron chi connectivity index (χ1n) is 7.29. The van der Waals surface area contributed by atoms with E-state index in [9.17, 15) is 4.79 Å². The zero-order chi connectivity index (χ0) is 14.7. The lowest BCUT2D eigenvalue weighted by Gasteiger charge is -2.33. The lowest BCUT2D eigenvalue weighted by molar-refractivity contribution is -0.128. The number of para-hydroxylation sites is 1.